The van der Waals surface area contributed by atoms with Crippen LogP contribution in [0.5, 0.6) is 0 Å². The van der Waals surface area contributed by atoms with Crippen LogP contribution in [0.4, 0.5) is 5.13 Å². The molecule has 0 atom stereocenters. The van der Waals surface area contributed by atoms with Crippen molar-refractivity contribution >= 4 is 44.9 Å². The summed E-state index contributed by atoms with van der Waals surface area (Å²) in [7, 11) is 0. The van der Waals surface area contributed by atoms with Gasteiger partial charge < -0.3 is 10.1 Å². The maximum atomic E-state index is 12.2. The first-order valence-corrected chi connectivity index (χ1v) is 8.87. The van der Waals surface area contributed by atoms with E-state index in [0.29, 0.717) is 22.4 Å². The summed E-state index contributed by atoms with van der Waals surface area (Å²) in [6, 6.07) is 7.72. The highest BCUT2D eigenvalue weighted by Crippen LogP contribution is 2.27. The topological polar surface area (TPSA) is 64.1 Å². The molecule has 0 fully saturated rings. The van der Waals surface area contributed by atoms with E-state index in [-0.39, 0.29) is 12.3 Å². The minimum Gasteiger partial charge on any atom is -0.454 e. The molecule has 3 aromatic rings. The molecule has 0 amide bonds. The number of nitrogens with one attached hydrogen (secondary N) is 1. The monoisotopic (exact) mass is 373 g/mol. The maximum absolute atomic E-state index is 12.2. The molecule has 0 unspecified atom stereocenters. The van der Waals surface area contributed by atoms with Crippen LogP contribution in [0.3, 0.4) is 0 Å². The van der Waals surface area contributed by atoms with Crippen molar-refractivity contribution in [2.75, 3.05) is 11.9 Å². The molecule has 0 spiro atoms. The first kappa shape index (κ1) is 17.4. The summed E-state index contributed by atoms with van der Waals surface area (Å²) < 4.78 is 5.33. The summed E-state index contributed by atoms with van der Waals surface area (Å²) in [5.41, 5.74) is 2.53. The van der Waals surface area contributed by atoms with Crippen molar-refractivity contribution in [1.29, 1.82) is 0 Å². The van der Waals surface area contributed by atoms with Gasteiger partial charge >= 0.3 is 5.97 Å². The Hall–Kier alpha value is -2.44. The molecular weight excluding hydrogens is 358 g/mol. The van der Waals surface area contributed by atoms with Gasteiger partial charge in [0.2, 0.25) is 0 Å². The number of carbonyl (C=O) groups is 1. The number of hydrogen-bond acceptors (Lipinski definition) is 6. The SMILES string of the molecule is C=CCNc1nc(C(=O)OCc2nc3ccccc3c(C)c2Cl)cs1. The van der Waals surface area contributed by atoms with Gasteiger partial charge in [-0.1, -0.05) is 35.9 Å². The molecule has 0 saturated heterocycles. The Balaban J connectivity index is 1.74. The molecule has 1 N–H and O–H groups in total. The Bertz CT molecular complexity index is 939. The van der Waals surface area contributed by atoms with Gasteiger partial charge in [0.15, 0.2) is 10.8 Å². The van der Waals surface area contributed by atoms with Gasteiger partial charge in [0.05, 0.1) is 16.2 Å². The van der Waals surface area contributed by atoms with Gasteiger partial charge in [-0.3, -0.25) is 0 Å². The molecule has 128 valence electrons. The predicted octanol–water partition coefficient (Wildman–Crippen LogP) is 4.61. The molecule has 3 rings (SSSR count). The summed E-state index contributed by atoms with van der Waals surface area (Å²) >= 11 is 7.71. The van der Waals surface area contributed by atoms with Crippen molar-refractivity contribution in [3.05, 3.63) is 64.3 Å². The van der Waals surface area contributed by atoms with Crippen LogP contribution < -0.4 is 5.32 Å². The molecule has 25 heavy (non-hydrogen) atoms. The molecule has 1 aromatic carbocycles. The number of anilines is 1. The van der Waals surface area contributed by atoms with Crippen molar-refractivity contribution in [3.63, 3.8) is 0 Å². The number of ether oxygens (including phenoxy) is 1. The Morgan fingerprint density at radius 1 is 1.40 bits per heavy atom. The van der Waals surface area contributed by atoms with Gasteiger partial charge in [0.1, 0.15) is 6.61 Å². The summed E-state index contributed by atoms with van der Waals surface area (Å²) in [4.78, 5) is 20.8. The maximum Gasteiger partial charge on any atom is 0.358 e. The average Bonchev–Trinajstić information content (AvgIpc) is 3.10. The number of halogens is 1. The second-order valence-electron chi connectivity index (χ2n) is 5.30. The Labute approximate surface area is 154 Å². The standard InChI is InChI=1S/C18H16ClN3O2S/c1-3-8-20-18-22-15(10-25-18)17(23)24-9-14-16(19)11(2)12-6-4-5-7-13(12)21-14/h3-7,10H,1,8-9H2,2H3,(H,20,22). The van der Waals surface area contributed by atoms with Crippen LogP contribution >= 0.6 is 22.9 Å². The normalized spacial score (nSPS) is 10.6. The zero-order valence-corrected chi connectivity index (χ0v) is 15.2. The van der Waals surface area contributed by atoms with Gasteiger partial charge in [-0.25, -0.2) is 14.8 Å². The highest BCUT2D eigenvalue weighted by atomic mass is 35.5. The fraction of sp³-hybridized carbons (Fsp3) is 0.167. The third kappa shape index (κ3) is 3.81. The number of carbonyl (C=O) groups excluding carboxylic acids is 1. The lowest BCUT2D eigenvalue weighted by atomic mass is 10.1. The Morgan fingerprint density at radius 3 is 3.00 bits per heavy atom. The highest BCUT2D eigenvalue weighted by Gasteiger charge is 2.15. The van der Waals surface area contributed by atoms with E-state index in [4.69, 9.17) is 16.3 Å². The zero-order valence-electron chi connectivity index (χ0n) is 13.6. The predicted molar refractivity (Wildman–Crippen MR) is 101 cm³/mol. The quantitative estimate of drug-likeness (QED) is 0.505. The largest absolute Gasteiger partial charge is 0.454 e. The summed E-state index contributed by atoms with van der Waals surface area (Å²) in [6.07, 6.45) is 1.72. The molecule has 0 aliphatic rings. The van der Waals surface area contributed by atoms with Gasteiger partial charge in [0.25, 0.3) is 0 Å². The molecule has 2 heterocycles. The number of pyridine rings is 1. The smallest absolute Gasteiger partial charge is 0.358 e. The van der Waals surface area contributed by atoms with E-state index in [1.54, 1.807) is 11.5 Å². The van der Waals surface area contributed by atoms with Crippen LogP contribution in [0.2, 0.25) is 5.02 Å². The van der Waals surface area contributed by atoms with Gasteiger partial charge in [-0.05, 0) is 18.6 Å². The molecular formula is C18H16ClN3O2S. The molecule has 0 aliphatic carbocycles. The van der Waals surface area contributed by atoms with Crippen LogP contribution in [-0.2, 0) is 11.3 Å². The minimum atomic E-state index is -0.508. The molecule has 5 nitrogen and oxygen atoms in total. The third-order valence-corrected chi connectivity index (χ3v) is 4.90. The van der Waals surface area contributed by atoms with Crippen molar-refractivity contribution in [1.82, 2.24) is 9.97 Å². The van der Waals surface area contributed by atoms with Crippen LogP contribution in [0, 0.1) is 6.92 Å². The molecule has 0 bridgehead atoms. The molecule has 0 saturated carbocycles. The van der Waals surface area contributed by atoms with Crippen LogP contribution in [0.1, 0.15) is 21.7 Å². The van der Waals surface area contributed by atoms with Gasteiger partial charge in [0, 0.05) is 17.3 Å². The van der Waals surface area contributed by atoms with E-state index < -0.39 is 5.97 Å². The van der Waals surface area contributed by atoms with Crippen LogP contribution in [0.15, 0.2) is 42.3 Å². The van der Waals surface area contributed by atoms with E-state index in [2.05, 4.69) is 21.9 Å². The van der Waals surface area contributed by atoms with Crippen molar-refractivity contribution < 1.29 is 9.53 Å². The summed E-state index contributed by atoms with van der Waals surface area (Å²) in [5, 5.41) is 6.82. The summed E-state index contributed by atoms with van der Waals surface area (Å²) in [5.74, 6) is -0.508. The number of aromatic nitrogens is 2. The molecule has 0 aliphatic heterocycles. The van der Waals surface area contributed by atoms with E-state index >= 15 is 0 Å². The lowest BCUT2D eigenvalue weighted by molar-refractivity contribution is 0.0462. The molecule has 2 aromatic heterocycles. The van der Waals surface area contributed by atoms with E-state index in [1.165, 1.54) is 11.3 Å². The number of esters is 1. The van der Waals surface area contributed by atoms with E-state index in [1.807, 2.05) is 31.2 Å². The first-order chi connectivity index (χ1) is 12.1. The number of aryl methyl sites for hydroxylation is 1. The Morgan fingerprint density at radius 2 is 2.20 bits per heavy atom. The highest BCUT2D eigenvalue weighted by molar-refractivity contribution is 7.13. The Kier molecular flexibility index (Phi) is 5.31. The van der Waals surface area contributed by atoms with Crippen LogP contribution in [-0.4, -0.2) is 22.5 Å². The van der Waals surface area contributed by atoms with Gasteiger partial charge in [-0.15, -0.1) is 17.9 Å². The zero-order chi connectivity index (χ0) is 17.8. The third-order valence-electron chi connectivity index (χ3n) is 3.60. The number of para-hydroxylation sites is 1. The fourth-order valence-corrected chi connectivity index (χ4v) is 3.22. The number of benzene rings is 1. The van der Waals surface area contributed by atoms with Gasteiger partial charge in [-0.2, -0.15) is 0 Å². The van der Waals surface area contributed by atoms with E-state index in [0.717, 1.165) is 16.5 Å². The minimum absolute atomic E-state index is 0.00368. The number of nitrogens with zero attached hydrogens (tertiary/aromatic N) is 2. The number of hydrogen-bond donors (Lipinski definition) is 1. The number of rotatable bonds is 6. The second kappa shape index (κ2) is 7.63. The molecule has 7 heteroatoms. The first-order valence-electron chi connectivity index (χ1n) is 7.61. The average molecular weight is 374 g/mol. The lowest BCUT2D eigenvalue weighted by Gasteiger charge is -2.10. The van der Waals surface area contributed by atoms with Crippen molar-refractivity contribution in [3.8, 4) is 0 Å². The fourth-order valence-electron chi connectivity index (χ4n) is 2.33. The van der Waals surface area contributed by atoms with Crippen molar-refractivity contribution in [2.24, 2.45) is 0 Å². The lowest BCUT2D eigenvalue weighted by Crippen LogP contribution is -2.08. The van der Waals surface area contributed by atoms with Crippen LogP contribution in [0.25, 0.3) is 10.9 Å². The number of fused-ring (bicyclic) bond motifs is 1. The van der Waals surface area contributed by atoms with Crippen molar-refractivity contribution in [2.45, 2.75) is 13.5 Å². The van der Waals surface area contributed by atoms with E-state index in [9.17, 15) is 4.79 Å². The number of thiazole rings is 1. The molecule has 0 radical (unpaired) electrons. The summed E-state index contributed by atoms with van der Waals surface area (Å²) in [6.45, 7) is 6.12. The second-order valence-corrected chi connectivity index (χ2v) is 6.53.